The molecule has 0 aliphatic heterocycles. The summed E-state index contributed by atoms with van der Waals surface area (Å²) in [5.41, 5.74) is -0.617. The zero-order chi connectivity index (χ0) is 26.1. The summed E-state index contributed by atoms with van der Waals surface area (Å²) in [6.45, 7) is 3.38. The molecule has 0 aliphatic carbocycles. The third kappa shape index (κ3) is 5.46. The van der Waals surface area contributed by atoms with Crippen molar-refractivity contribution < 1.29 is 28.2 Å². The van der Waals surface area contributed by atoms with E-state index in [1.54, 1.807) is 38.4 Å². The fourth-order valence-corrected chi connectivity index (χ4v) is 4.75. The van der Waals surface area contributed by atoms with Gasteiger partial charge in [0.05, 0.1) is 22.5 Å². The lowest BCUT2D eigenvalue weighted by atomic mass is 9.92. The molecule has 0 saturated heterocycles. The predicted octanol–water partition coefficient (Wildman–Crippen LogP) is 5.34. The summed E-state index contributed by atoms with van der Waals surface area (Å²) in [5.74, 6) is -1.67. The van der Waals surface area contributed by atoms with Gasteiger partial charge in [-0.15, -0.1) is 11.3 Å². The molecule has 0 saturated carbocycles. The molecule has 9 nitrogen and oxygen atoms in total. The molecule has 2 atom stereocenters. The second-order valence-corrected chi connectivity index (χ2v) is 9.56. The smallest absolute Gasteiger partial charge is 0.433 e. The Balaban J connectivity index is 1.63. The maximum absolute atomic E-state index is 13.0. The van der Waals surface area contributed by atoms with E-state index in [0.717, 1.165) is 12.3 Å². The fraction of sp³-hybridized carbons (Fsp3) is 0.348. The Morgan fingerprint density at radius 1 is 1.25 bits per heavy atom. The molecule has 0 radical (unpaired) electrons. The number of aliphatic carboxylic acids is 1. The van der Waals surface area contributed by atoms with Crippen LogP contribution in [0.2, 0.25) is 0 Å². The molecule has 3 aromatic heterocycles. The first-order valence-electron chi connectivity index (χ1n) is 11.0. The maximum atomic E-state index is 13.0. The minimum absolute atomic E-state index is 0.213. The average Bonchev–Trinajstić information content (AvgIpc) is 3.49. The number of H-pyrrole nitrogens is 1. The monoisotopic (exact) mass is 520 g/mol. The standard InChI is InChI=1S/C23H23F3N6O3S/c1-3-12(19(33)34)4-6-22(2,35)20-28-11-16(36-20)15-9-14(8-13-10-29-32-18(13)15)30-21-27-7-5-17(31-21)23(24,25)26/h5,7-12,35H,3-4,6H2,1-2H3,(H,29,32)(H,33,34)(H,27,30,31)/t12-,22?/m1/s1. The molecule has 0 fully saturated rings. The number of aromatic amines is 1. The molecule has 4 N–H and O–H groups in total. The van der Waals surface area contributed by atoms with Crippen LogP contribution in [0.1, 0.15) is 43.8 Å². The predicted molar refractivity (Wildman–Crippen MR) is 128 cm³/mol. The number of alkyl halides is 3. The van der Waals surface area contributed by atoms with E-state index in [4.69, 9.17) is 0 Å². The van der Waals surface area contributed by atoms with E-state index in [1.165, 1.54) is 11.3 Å². The van der Waals surface area contributed by atoms with Crippen molar-refractivity contribution in [2.45, 2.75) is 44.9 Å². The van der Waals surface area contributed by atoms with Gasteiger partial charge in [0.15, 0.2) is 0 Å². The highest BCUT2D eigenvalue weighted by molar-refractivity contribution is 7.15. The van der Waals surface area contributed by atoms with E-state index >= 15 is 0 Å². The van der Waals surface area contributed by atoms with Gasteiger partial charge in [0, 0.05) is 29.0 Å². The number of anilines is 2. The second kappa shape index (κ2) is 9.82. The van der Waals surface area contributed by atoms with Crippen molar-refractivity contribution in [1.82, 2.24) is 25.1 Å². The highest BCUT2D eigenvalue weighted by atomic mass is 32.1. The van der Waals surface area contributed by atoms with Gasteiger partial charge < -0.3 is 15.5 Å². The van der Waals surface area contributed by atoms with Crippen LogP contribution >= 0.6 is 11.3 Å². The van der Waals surface area contributed by atoms with E-state index in [0.29, 0.717) is 44.9 Å². The number of thiazole rings is 1. The van der Waals surface area contributed by atoms with Gasteiger partial charge in [-0.1, -0.05) is 6.92 Å². The Morgan fingerprint density at radius 3 is 2.72 bits per heavy atom. The highest BCUT2D eigenvalue weighted by Crippen LogP contribution is 2.39. The van der Waals surface area contributed by atoms with Gasteiger partial charge in [-0.3, -0.25) is 9.89 Å². The number of carboxylic acid groups (broad SMARTS) is 1. The fourth-order valence-electron chi connectivity index (χ4n) is 3.74. The summed E-state index contributed by atoms with van der Waals surface area (Å²) in [5, 5.41) is 31.2. The van der Waals surface area contributed by atoms with Crippen molar-refractivity contribution in [3.05, 3.63) is 47.5 Å². The summed E-state index contributed by atoms with van der Waals surface area (Å²) in [6.07, 6.45) is 0.571. The van der Waals surface area contributed by atoms with Crippen LogP contribution in [0.25, 0.3) is 21.3 Å². The molecule has 0 amide bonds. The lowest BCUT2D eigenvalue weighted by molar-refractivity contribution is -0.142. The van der Waals surface area contributed by atoms with Gasteiger partial charge in [-0.05, 0) is 44.4 Å². The minimum Gasteiger partial charge on any atom is -0.481 e. The molecular weight excluding hydrogens is 497 g/mol. The number of fused-ring (bicyclic) bond motifs is 1. The summed E-state index contributed by atoms with van der Waals surface area (Å²) in [7, 11) is 0. The Bertz CT molecular complexity index is 1380. The molecule has 13 heteroatoms. The molecule has 0 spiro atoms. The lowest BCUT2D eigenvalue weighted by Crippen LogP contribution is -2.24. The van der Waals surface area contributed by atoms with Gasteiger partial charge >= 0.3 is 12.1 Å². The number of benzene rings is 1. The number of carbonyl (C=O) groups is 1. The number of aromatic nitrogens is 5. The quantitative estimate of drug-likeness (QED) is 0.232. The number of hydrogen-bond acceptors (Lipinski definition) is 8. The summed E-state index contributed by atoms with van der Waals surface area (Å²) in [6, 6.07) is 4.19. The number of nitrogens with one attached hydrogen (secondary N) is 2. The van der Waals surface area contributed by atoms with Gasteiger partial charge in [0.25, 0.3) is 0 Å². The molecule has 1 aromatic carbocycles. The molecule has 4 rings (SSSR count). The normalized spacial score (nSPS) is 14.5. The Kier molecular flexibility index (Phi) is 6.96. The topological polar surface area (TPSA) is 137 Å². The van der Waals surface area contributed by atoms with E-state index in [1.807, 2.05) is 0 Å². The van der Waals surface area contributed by atoms with Crippen molar-refractivity contribution in [3.8, 4) is 10.4 Å². The van der Waals surface area contributed by atoms with Crippen molar-refractivity contribution in [3.63, 3.8) is 0 Å². The molecule has 3 heterocycles. The van der Waals surface area contributed by atoms with Gasteiger partial charge in [0.2, 0.25) is 5.95 Å². The molecule has 0 aliphatic rings. The second-order valence-electron chi connectivity index (χ2n) is 8.53. The van der Waals surface area contributed by atoms with Crippen LogP contribution in [0, 0.1) is 5.92 Å². The van der Waals surface area contributed by atoms with E-state index in [9.17, 15) is 28.2 Å². The Hall–Kier alpha value is -3.58. The van der Waals surface area contributed by atoms with Crippen LogP contribution in [-0.2, 0) is 16.6 Å². The molecular formula is C23H23F3N6O3S. The molecule has 36 heavy (non-hydrogen) atoms. The summed E-state index contributed by atoms with van der Waals surface area (Å²) >= 11 is 1.24. The lowest BCUT2D eigenvalue weighted by Gasteiger charge is -2.22. The van der Waals surface area contributed by atoms with Crippen molar-refractivity contribution in [2.24, 2.45) is 5.92 Å². The number of nitrogens with zero attached hydrogens (tertiary/aromatic N) is 4. The number of carboxylic acids is 1. The minimum atomic E-state index is -4.60. The number of halogens is 3. The Morgan fingerprint density at radius 2 is 2.03 bits per heavy atom. The number of rotatable bonds is 9. The summed E-state index contributed by atoms with van der Waals surface area (Å²) < 4.78 is 39.1. The van der Waals surface area contributed by atoms with Gasteiger partial charge in [-0.25, -0.2) is 15.0 Å². The van der Waals surface area contributed by atoms with E-state index in [-0.39, 0.29) is 12.4 Å². The molecule has 0 bridgehead atoms. The van der Waals surface area contributed by atoms with Crippen molar-refractivity contribution >= 4 is 39.8 Å². The number of aliphatic hydroxyl groups is 1. The third-order valence-corrected chi connectivity index (χ3v) is 7.09. The SMILES string of the molecule is CC[C@H](CCC(C)(O)c1ncc(-c2cc(Nc3nccc(C(F)(F)F)n3)cc3cn[nH]c23)s1)C(=O)O. The van der Waals surface area contributed by atoms with Gasteiger partial charge in [-0.2, -0.15) is 18.3 Å². The maximum Gasteiger partial charge on any atom is 0.433 e. The van der Waals surface area contributed by atoms with Crippen LogP contribution in [0.5, 0.6) is 0 Å². The molecule has 190 valence electrons. The number of hydrogen-bond donors (Lipinski definition) is 4. The Labute approximate surface area is 207 Å². The highest BCUT2D eigenvalue weighted by Gasteiger charge is 2.33. The van der Waals surface area contributed by atoms with Crippen LogP contribution in [0.15, 0.2) is 36.8 Å². The van der Waals surface area contributed by atoms with E-state index in [2.05, 4.69) is 30.5 Å². The third-order valence-electron chi connectivity index (χ3n) is 5.80. The van der Waals surface area contributed by atoms with Crippen molar-refractivity contribution in [2.75, 3.05) is 5.32 Å². The zero-order valence-corrected chi connectivity index (χ0v) is 20.1. The van der Waals surface area contributed by atoms with Crippen LogP contribution < -0.4 is 5.32 Å². The largest absolute Gasteiger partial charge is 0.481 e. The first-order valence-corrected chi connectivity index (χ1v) is 11.9. The zero-order valence-electron chi connectivity index (χ0n) is 19.3. The first kappa shape index (κ1) is 25.5. The van der Waals surface area contributed by atoms with Crippen LogP contribution in [-0.4, -0.2) is 41.3 Å². The molecule has 4 aromatic rings. The molecule has 1 unspecified atom stereocenters. The van der Waals surface area contributed by atoms with Crippen LogP contribution in [0.3, 0.4) is 0 Å². The average molecular weight is 521 g/mol. The summed E-state index contributed by atoms with van der Waals surface area (Å²) in [4.78, 5) is 23.8. The van der Waals surface area contributed by atoms with Crippen LogP contribution in [0.4, 0.5) is 24.8 Å². The van der Waals surface area contributed by atoms with E-state index < -0.39 is 29.4 Å². The first-order chi connectivity index (χ1) is 17.0. The van der Waals surface area contributed by atoms with Crippen molar-refractivity contribution in [1.29, 1.82) is 0 Å². The van der Waals surface area contributed by atoms with Gasteiger partial charge in [0.1, 0.15) is 16.3 Å².